The number of aliphatic hydroxyl groups is 1. The molecular formula is C15H21N5O2. The van der Waals surface area contributed by atoms with E-state index in [0.29, 0.717) is 25.9 Å². The topological polar surface area (TPSA) is 84.1 Å². The molecule has 2 aromatic heterocycles. The highest BCUT2D eigenvalue weighted by atomic mass is 16.3. The molecule has 0 aliphatic carbocycles. The van der Waals surface area contributed by atoms with Crippen molar-refractivity contribution in [3.63, 3.8) is 0 Å². The Morgan fingerprint density at radius 3 is 2.91 bits per heavy atom. The summed E-state index contributed by atoms with van der Waals surface area (Å²) in [4.78, 5) is 22.3. The van der Waals surface area contributed by atoms with E-state index < -0.39 is 0 Å². The molecule has 0 saturated heterocycles. The van der Waals surface area contributed by atoms with Crippen LogP contribution in [0.3, 0.4) is 0 Å². The third kappa shape index (κ3) is 4.36. The van der Waals surface area contributed by atoms with Gasteiger partial charge in [-0.05, 0) is 18.6 Å². The second-order valence-corrected chi connectivity index (χ2v) is 5.00. The Labute approximate surface area is 129 Å². The van der Waals surface area contributed by atoms with Gasteiger partial charge in [0.1, 0.15) is 12.7 Å². The molecule has 1 atom stereocenters. The molecule has 0 aliphatic rings. The number of hydrogen-bond donors (Lipinski definition) is 1. The number of aromatic nitrogens is 4. The number of hydrogen-bond acceptors (Lipinski definition) is 5. The van der Waals surface area contributed by atoms with Gasteiger partial charge in [0.2, 0.25) is 5.91 Å². The van der Waals surface area contributed by atoms with Gasteiger partial charge in [0.25, 0.3) is 0 Å². The van der Waals surface area contributed by atoms with Gasteiger partial charge in [-0.15, -0.1) is 0 Å². The van der Waals surface area contributed by atoms with Crippen LogP contribution in [0.25, 0.3) is 0 Å². The van der Waals surface area contributed by atoms with Gasteiger partial charge in [0.05, 0.1) is 31.4 Å². The number of amides is 1. The maximum absolute atomic E-state index is 12.5. The lowest BCUT2D eigenvalue weighted by Crippen LogP contribution is -2.42. The molecule has 2 aromatic rings. The molecule has 7 heteroatoms. The first-order chi connectivity index (χ1) is 10.7. The molecule has 1 N–H and O–H groups in total. The highest BCUT2D eigenvalue weighted by molar-refractivity contribution is 5.76. The largest absolute Gasteiger partial charge is 0.394 e. The minimum absolute atomic E-state index is 0.0259. The molecule has 0 fully saturated rings. The number of carbonyl (C=O) groups is 1. The third-order valence-electron chi connectivity index (χ3n) is 3.52. The lowest BCUT2D eigenvalue weighted by Gasteiger charge is -2.29. The van der Waals surface area contributed by atoms with E-state index in [9.17, 15) is 9.90 Å². The fourth-order valence-corrected chi connectivity index (χ4v) is 2.24. The van der Waals surface area contributed by atoms with Crippen molar-refractivity contribution in [1.29, 1.82) is 0 Å². The first kappa shape index (κ1) is 16.1. The quantitative estimate of drug-likeness (QED) is 0.782. The maximum atomic E-state index is 12.5. The molecule has 1 amide bonds. The average Bonchev–Trinajstić information content (AvgIpc) is 3.07. The molecule has 0 saturated carbocycles. The number of carbonyl (C=O) groups excluding carboxylic acids is 1. The zero-order valence-corrected chi connectivity index (χ0v) is 12.7. The van der Waals surface area contributed by atoms with Crippen LogP contribution in [-0.4, -0.2) is 48.3 Å². The van der Waals surface area contributed by atoms with Crippen molar-refractivity contribution in [1.82, 2.24) is 24.6 Å². The van der Waals surface area contributed by atoms with Crippen LogP contribution in [0.15, 0.2) is 37.1 Å². The van der Waals surface area contributed by atoms with Gasteiger partial charge in [-0.3, -0.25) is 14.5 Å². The summed E-state index contributed by atoms with van der Waals surface area (Å²) in [7, 11) is 0. The summed E-state index contributed by atoms with van der Waals surface area (Å²) in [5.41, 5.74) is 0.809. The van der Waals surface area contributed by atoms with Gasteiger partial charge >= 0.3 is 0 Å². The Morgan fingerprint density at radius 1 is 1.45 bits per heavy atom. The van der Waals surface area contributed by atoms with Crippen LogP contribution in [0.2, 0.25) is 0 Å². The van der Waals surface area contributed by atoms with Gasteiger partial charge in [-0.1, -0.05) is 13.0 Å². The van der Waals surface area contributed by atoms with Crippen LogP contribution in [0.1, 0.15) is 25.5 Å². The number of pyridine rings is 1. The highest BCUT2D eigenvalue weighted by Crippen LogP contribution is 2.11. The second kappa shape index (κ2) is 8.23. The van der Waals surface area contributed by atoms with Crippen LogP contribution in [0, 0.1) is 0 Å². The van der Waals surface area contributed by atoms with Gasteiger partial charge in [0, 0.05) is 12.6 Å². The van der Waals surface area contributed by atoms with E-state index in [1.165, 1.54) is 6.33 Å². The lowest BCUT2D eigenvalue weighted by molar-refractivity contribution is -0.135. The van der Waals surface area contributed by atoms with E-state index in [2.05, 4.69) is 15.1 Å². The smallest absolute Gasteiger partial charge is 0.225 e. The molecule has 2 rings (SSSR count). The van der Waals surface area contributed by atoms with E-state index in [4.69, 9.17) is 0 Å². The fraction of sp³-hybridized carbons (Fsp3) is 0.467. The van der Waals surface area contributed by atoms with E-state index in [0.717, 1.165) is 5.69 Å². The normalized spacial score (nSPS) is 12.1. The molecule has 22 heavy (non-hydrogen) atoms. The Balaban J connectivity index is 2.04. The molecule has 0 aliphatic heterocycles. The number of aryl methyl sites for hydroxylation is 1. The summed E-state index contributed by atoms with van der Waals surface area (Å²) in [6.07, 6.45) is 5.73. The lowest BCUT2D eigenvalue weighted by atomic mass is 10.1. The van der Waals surface area contributed by atoms with Crippen LogP contribution >= 0.6 is 0 Å². The van der Waals surface area contributed by atoms with E-state index in [1.54, 1.807) is 22.1 Å². The van der Waals surface area contributed by atoms with Gasteiger partial charge < -0.3 is 10.0 Å². The summed E-state index contributed by atoms with van der Waals surface area (Å²) in [6.45, 7) is 2.77. The zero-order valence-electron chi connectivity index (χ0n) is 12.7. The minimum Gasteiger partial charge on any atom is -0.394 e. The molecule has 118 valence electrons. The molecule has 7 nitrogen and oxygen atoms in total. The Morgan fingerprint density at radius 2 is 2.32 bits per heavy atom. The Hall–Kier alpha value is -2.28. The van der Waals surface area contributed by atoms with Crippen molar-refractivity contribution in [3.05, 3.63) is 42.7 Å². The SMILES string of the molecule is CCC(CO)N(Cc1ccccn1)C(=O)CCn1cncn1. The fourth-order valence-electron chi connectivity index (χ4n) is 2.24. The van der Waals surface area contributed by atoms with Crippen LogP contribution in [0.5, 0.6) is 0 Å². The average molecular weight is 303 g/mol. The van der Waals surface area contributed by atoms with E-state index in [1.807, 2.05) is 25.1 Å². The summed E-state index contributed by atoms with van der Waals surface area (Å²) >= 11 is 0. The minimum atomic E-state index is -0.203. The maximum Gasteiger partial charge on any atom is 0.225 e. The third-order valence-corrected chi connectivity index (χ3v) is 3.52. The van der Waals surface area contributed by atoms with Gasteiger partial charge in [0.15, 0.2) is 0 Å². The van der Waals surface area contributed by atoms with Crippen LogP contribution in [-0.2, 0) is 17.9 Å². The summed E-state index contributed by atoms with van der Waals surface area (Å²) < 4.78 is 1.62. The summed E-state index contributed by atoms with van der Waals surface area (Å²) in [5, 5.41) is 13.5. The Kier molecular flexibility index (Phi) is 6.02. The molecule has 0 bridgehead atoms. The molecular weight excluding hydrogens is 282 g/mol. The summed E-state index contributed by atoms with van der Waals surface area (Å²) in [6, 6.07) is 5.40. The van der Waals surface area contributed by atoms with E-state index >= 15 is 0 Å². The molecule has 0 aromatic carbocycles. The van der Waals surface area contributed by atoms with Crippen molar-refractivity contribution in [2.45, 2.75) is 38.9 Å². The molecule has 2 heterocycles. The van der Waals surface area contributed by atoms with Crippen molar-refractivity contribution < 1.29 is 9.90 Å². The van der Waals surface area contributed by atoms with Gasteiger partial charge in [-0.2, -0.15) is 5.10 Å². The molecule has 0 radical (unpaired) electrons. The van der Waals surface area contributed by atoms with Crippen molar-refractivity contribution in [2.75, 3.05) is 6.61 Å². The predicted octanol–water partition coefficient (Wildman–Crippen LogP) is 0.863. The van der Waals surface area contributed by atoms with Crippen LogP contribution < -0.4 is 0 Å². The molecule has 0 spiro atoms. The number of nitrogens with zero attached hydrogens (tertiary/aromatic N) is 5. The van der Waals surface area contributed by atoms with E-state index in [-0.39, 0.29) is 18.6 Å². The standard InChI is InChI=1S/C15H21N5O2/c1-2-14(10-21)20(9-13-5-3-4-7-17-13)15(22)6-8-19-12-16-11-18-19/h3-5,7,11-12,14,21H,2,6,8-10H2,1H3. The predicted molar refractivity (Wildman–Crippen MR) is 80.6 cm³/mol. The number of aliphatic hydroxyl groups excluding tert-OH is 1. The second-order valence-electron chi connectivity index (χ2n) is 5.00. The first-order valence-electron chi connectivity index (χ1n) is 7.37. The number of rotatable bonds is 8. The van der Waals surface area contributed by atoms with Crippen molar-refractivity contribution in [2.24, 2.45) is 0 Å². The Bertz CT molecular complexity index is 555. The molecule has 1 unspecified atom stereocenters. The zero-order chi connectivity index (χ0) is 15.8. The first-order valence-corrected chi connectivity index (χ1v) is 7.37. The summed E-state index contributed by atoms with van der Waals surface area (Å²) in [5.74, 6) is -0.0259. The monoisotopic (exact) mass is 303 g/mol. The van der Waals surface area contributed by atoms with Crippen LogP contribution in [0.4, 0.5) is 0 Å². The highest BCUT2D eigenvalue weighted by Gasteiger charge is 2.22. The van der Waals surface area contributed by atoms with Crippen molar-refractivity contribution in [3.8, 4) is 0 Å². The van der Waals surface area contributed by atoms with Crippen molar-refractivity contribution >= 4 is 5.91 Å². The van der Waals surface area contributed by atoms with Gasteiger partial charge in [-0.25, -0.2) is 4.98 Å².